The van der Waals surface area contributed by atoms with Crippen LogP contribution in [0.3, 0.4) is 0 Å². The van der Waals surface area contributed by atoms with Gasteiger partial charge in [0.1, 0.15) is 12.2 Å². The fraction of sp³-hybridized carbons (Fsp3) is 0.800. The molecule has 0 spiro atoms. The Morgan fingerprint density at radius 3 is 2.84 bits per heavy atom. The van der Waals surface area contributed by atoms with Gasteiger partial charge >= 0.3 is 11.9 Å². The molecule has 1 aliphatic heterocycles. The minimum Gasteiger partial charge on any atom is -0.462 e. The van der Waals surface area contributed by atoms with Crippen molar-refractivity contribution in [1.82, 2.24) is 0 Å². The normalized spacial score (nSPS) is 44.2. The van der Waals surface area contributed by atoms with Gasteiger partial charge in [-0.2, -0.15) is 0 Å². The first-order valence-electron chi connectivity index (χ1n) is 9.47. The molecule has 3 rings (SSSR count). The van der Waals surface area contributed by atoms with Gasteiger partial charge in [0.2, 0.25) is 0 Å². The van der Waals surface area contributed by atoms with E-state index in [1.54, 1.807) is 0 Å². The second kappa shape index (κ2) is 6.42. The van der Waals surface area contributed by atoms with Crippen LogP contribution < -0.4 is 0 Å². The smallest absolute Gasteiger partial charge is 0.309 e. The van der Waals surface area contributed by atoms with Crippen molar-refractivity contribution >= 4 is 11.9 Å². The number of carbonyl (C=O) groups is 2. The van der Waals surface area contributed by atoms with E-state index in [4.69, 9.17) is 9.47 Å². The van der Waals surface area contributed by atoms with Crippen LogP contribution in [0.5, 0.6) is 0 Å². The highest BCUT2D eigenvalue weighted by atomic mass is 16.6. The lowest BCUT2D eigenvalue weighted by molar-refractivity contribution is -0.161. The Balaban J connectivity index is 1.96. The molecule has 1 heterocycles. The van der Waals surface area contributed by atoms with E-state index in [1.165, 1.54) is 0 Å². The molecule has 2 fully saturated rings. The maximum Gasteiger partial charge on any atom is 0.309 e. The van der Waals surface area contributed by atoms with Crippen LogP contribution in [0, 0.1) is 29.6 Å². The lowest BCUT2D eigenvalue weighted by Crippen LogP contribution is -2.41. The highest BCUT2D eigenvalue weighted by Crippen LogP contribution is 2.53. The van der Waals surface area contributed by atoms with Crippen molar-refractivity contribution < 1.29 is 24.2 Å². The zero-order valence-corrected chi connectivity index (χ0v) is 15.8. The molecule has 0 aromatic heterocycles. The van der Waals surface area contributed by atoms with Gasteiger partial charge in [0.05, 0.1) is 17.4 Å². The molecule has 0 radical (unpaired) electrons. The summed E-state index contributed by atoms with van der Waals surface area (Å²) >= 11 is 0. The first-order chi connectivity index (χ1) is 11.7. The molecule has 0 unspecified atom stereocenters. The summed E-state index contributed by atoms with van der Waals surface area (Å²) in [6.07, 6.45) is 3.14. The third-order valence-corrected chi connectivity index (χ3v) is 6.71. The number of carbonyl (C=O) groups excluding carboxylic acids is 2. The zero-order valence-electron chi connectivity index (χ0n) is 15.8. The summed E-state index contributed by atoms with van der Waals surface area (Å²) in [5, 5.41) is 11.2. The van der Waals surface area contributed by atoms with Crippen molar-refractivity contribution in [3.8, 4) is 0 Å². The monoisotopic (exact) mass is 350 g/mol. The van der Waals surface area contributed by atoms with Crippen molar-refractivity contribution in [2.75, 3.05) is 0 Å². The first-order valence-corrected chi connectivity index (χ1v) is 9.47. The summed E-state index contributed by atoms with van der Waals surface area (Å²) in [4.78, 5) is 24.7. The predicted octanol–water partition coefficient (Wildman–Crippen LogP) is 2.86. The molecule has 25 heavy (non-hydrogen) atoms. The van der Waals surface area contributed by atoms with E-state index < -0.39 is 11.7 Å². The maximum absolute atomic E-state index is 12.4. The van der Waals surface area contributed by atoms with Gasteiger partial charge in [0.15, 0.2) is 0 Å². The van der Waals surface area contributed by atoms with Crippen molar-refractivity contribution in [3.63, 3.8) is 0 Å². The molecule has 8 atom stereocenters. The molecule has 3 aliphatic rings. The molecule has 0 aromatic carbocycles. The quantitative estimate of drug-likeness (QED) is 0.626. The summed E-state index contributed by atoms with van der Waals surface area (Å²) in [5.74, 6) is -1.22. The van der Waals surface area contributed by atoms with Gasteiger partial charge in [-0.3, -0.25) is 9.59 Å². The topological polar surface area (TPSA) is 72.8 Å². The average molecular weight is 350 g/mol. The van der Waals surface area contributed by atoms with Crippen LogP contribution in [0.25, 0.3) is 0 Å². The lowest BCUT2D eigenvalue weighted by Gasteiger charge is -2.34. The number of ether oxygens (including phenoxy) is 2. The van der Waals surface area contributed by atoms with Crippen molar-refractivity contribution in [2.45, 2.75) is 71.7 Å². The summed E-state index contributed by atoms with van der Waals surface area (Å²) in [7, 11) is 0. The van der Waals surface area contributed by atoms with Crippen LogP contribution in [0.4, 0.5) is 0 Å². The second-order valence-corrected chi connectivity index (χ2v) is 8.43. The minimum atomic E-state index is -0.963. The van der Waals surface area contributed by atoms with E-state index in [-0.39, 0.29) is 47.6 Å². The molecule has 140 valence electrons. The van der Waals surface area contributed by atoms with E-state index in [0.717, 1.165) is 12.0 Å². The van der Waals surface area contributed by atoms with Gasteiger partial charge in [-0.25, -0.2) is 0 Å². The summed E-state index contributed by atoms with van der Waals surface area (Å²) in [6, 6.07) is 0. The molecule has 5 heteroatoms. The Labute approximate surface area is 149 Å². The summed E-state index contributed by atoms with van der Waals surface area (Å²) in [5.41, 5.74) is 0.201. The molecule has 5 nitrogen and oxygen atoms in total. The third kappa shape index (κ3) is 3.01. The molecule has 1 N–H and O–H groups in total. The largest absolute Gasteiger partial charge is 0.462 e. The fourth-order valence-electron chi connectivity index (χ4n) is 4.90. The van der Waals surface area contributed by atoms with Gasteiger partial charge in [-0.15, -0.1) is 0 Å². The van der Waals surface area contributed by atoms with Crippen LogP contribution in [-0.4, -0.2) is 34.9 Å². The molecule has 1 saturated carbocycles. The van der Waals surface area contributed by atoms with Crippen LogP contribution >= 0.6 is 0 Å². The number of allylic oxidation sites excluding steroid dienone is 1. The van der Waals surface area contributed by atoms with Crippen LogP contribution in [0.15, 0.2) is 11.6 Å². The van der Waals surface area contributed by atoms with Gasteiger partial charge < -0.3 is 14.6 Å². The fourth-order valence-corrected chi connectivity index (χ4v) is 4.90. The Morgan fingerprint density at radius 1 is 1.52 bits per heavy atom. The van der Waals surface area contributed by atoms with Gasteiger partial charge in [0.25, 0.3) is 0 Å². The molecule has 2 aliphatic carbocycles. The van der Waals surface area contributed by atoms with Crippen LogP contribution in [0.1, 0.15) is 53.9 Å². The number of rotatable bonds is 3. The predicted molar refractivity (Wildman–Crippen MR) is 92.5 cm³/mol. The van der Waals surface area contributed by atoms with Crippen molar-refractivity contribution in [2.24, 2.45) is 29.6 Å². The minimum absolute atomic E-state index is 0.00111. The maximum atomic E-state index is 12.4. The Morgan fingerprint density at radius 2 is 2.20 bits per heavy atom. The van der Waals surface area contributed by atoms with E-state index in [9.17, 15) is 14.7 Å². The van der Waals surface area contributed by atoms with E-state index in [2.05, 4.69) is 6.08 Å². The van der Waals surface area contributed by atoms with Gasteiger partial charge in [-0.05, 0) is 26.7 Å². The summed E-state index contributed by atoms with van der Waals surface area (Å²) in [6.45, 7) is 9.51. The number of hydrogen-bond donors (Lipinski definition) is 1. The number of hydrogen-bond acceptors (Lipinski definition) is 5. The van der Waals surface area contributed by atoms with Crippen LogP contribution in [-0.2, 0) is 19.1 Å². The molecule has 0 amide bonds. The van der Waals surface area contributed by atoms with Crippen LogP contribution in [0.2, 0.25) is 0 Å². The van der Waals surface area contributed by atoms with E-state index in [1.807, 2.05) is 34.6 Å². The number of aliphatic hydroxyl groups is 1. The molecule has 1 saturated heterocycles. The average Bonchev–Trinajstić information content (AvgIpc) is 3.03. The zero-order chi connectivity index (χ0) is 18.5. The van der Waals surface area contributed by atoms with E-state index in [0.29, 0.717) is 12.8 Å². The Kier molecular flexibility index (Phi) is 4.73. The molecular weight excluding hydrogens is 320 g/mol. The molecule has 0 bridgehead atoms. The highest BCUT2D eigenvalue weighted by Gasteiger charge is 2.59. The van der Waals surface area contributed by atoms with Gasteiger partial charge in [-0.1, -0.05) is 32.4 Å². The first kappa shape index (κ1) is 18.4. The summed E-state index contributed by atoms with van der Waals surface area (Å²) < 4.78 is 11.6. The second-order valence-electron chi connectivity index (χ2n) is 8.43. The molecular formula is C20H30O5. The number of fused-ring (bicyclic) bond motifs is 3. The Bertz CT molecular complexity index is 593. The highest BCUT2D eigenvalue weighted by molar-refractivity contribution is 5.76. The van der Waals surface area contributed by atoms with Crippen molar-refractivity contribution in [1.29, 1.82) is 0 Å². The van der Waals surface area contributed by atoms with E-state index >= 15 is 0 Å². The van der Waals surface area contributed by atoms with Crippen molar-refractivity contribution in [3.05, 3.63) is 11.6 Å². The lowest BCUT2D eigenvalue weighted by atomic mass is 9.76. The van der Waals surface area contributed by atoms with Gasteiger partial charge in [0, 0.05) is 24.2 Å². The Hall–Kier alpha value is -1.36. The number of esters is 2. The third-order valence-electron chi connectivity index (χ3n) is 6.71. The molecule has 0 aromatic rings. The standard InChI is InChI=1S/C20H30O5/c1-6-10(2)18(21)24-14-9-20(5,23)13-8-7-11(3)15(13)17-16(14)12(4)19(22)25-17/h7,10,12-17,23H,6,8-9H2,1-5H3/t10-,12+,13-,14-,15+,16+,17-,20-/m1/s1. The SMILES string of the molecule is CC[C@@H](C)C(=O)O[C@@H]1C[C@@](C)(O)[C@@H]2CC=C(C)[C@@H]2[C@H]2OC(=O)[C@@H](C)[C@H]21.